The summed E-state index contributed by atoms with van der Waals surface area (Å²) in [4.78, 5) is 25.8. The van der Waals surface area contributed by atoms with Crippen molar-refractivity contribution >= 4 is 17.6 Å². The largest absolute Gasteiger partial charge is 0.338 e. The van der Waals surface area contributed by atoms with Gasteiger partial charge in [0.2, 0.25) is 5.91 Å². The van der Waals surface area contributed by atoms with E-state index in [4.69, 9.17) is 0 Å². The molecule has 6 heteroatoms. The summed E-state index contributed by atoms with van der Waals surface area (Å²) in [6, 6.07) is 6.06. The van der Waals surface area contributed by atoms with E-state index in [0.717, 1.165) is 12.8 Å². The number of hydrogen-bond acceptors (Lipinski definition) is 2. The predicted molar refractivity (Wildman–Crippen MR) is 90.3 cm³/mol. The van der Waals surface area contributed by atoms with Crippen molar-refractivity contribution in [1.29, 1.82) is 0 Å². The number of urea groups is 1. The lowest BCUT2D eigenvalue weighted by molar-refractivity contribution is -0.117. The second kappa shape index (κ2) is 7.64. The van der Waals surface area contributed by atoms with Gasteiger partial charge in [0.05, 0.1) is 0 Å². The molecule has 0 aromatic heterocycles. The summed E-state index contributed by atoms with van der Waals surface area (Å²) in [7, 11) is 0. The van der Waals surface area contributed by atoms with E-state index in [1.54, 1.807) is 17.0 Å². The maximum Gasteiger partial charge on any atom is 0.315 e. The highest BCUT2D eigenvalue weighted by Crippen LogP contribution is 2.25. The molecule has 0 spiro atoms. The summed E-state index contributed by atoms with van der Waals surface area (Å²) in [6.45, 7) is 1.02. The maximum atomic E-state index is 13.0. The third kappa shape index (κ3) is 4.24. The number of nitrogens with zero attached hydrogens (tertiary/aromatic N) is 1. The summed E-state index contributed by atoms with van der Waals surface area (Å²) in [5, 5.41) is 5.90. The van der Waals surface area contributed by atoms with Crippen molar-refractivity contribution in [1.82, 2.24) is 10.6 Å². The van der Waals surface area contributed by atoms with Crippen molar-refractivity contribution in [2.24, 2.45) is 5.92 Å². The normalized spacial score (nSPS) is 21.8. The highest BCUT2D eigenvalue weighted by molar-refractivity contribution is 5.95. The van der Waals surface area contributed by atoms with Gasteiger partial charge in [0, 0.05) is 37.2 Å². The van der Waals surface area contributed by atoms with Crippen LogP contribution in [-0.4, -0.2) is 31.1 Å². The highest BCUT2D eigenvalue weighted by atomic mass is 19.1. The summed E-state index contributed by atoms with van der Waals surface area (Å²) in [5.74, 6) is -0.219. The number of carbonyl (C=O) groups excluding carboxylic acids is 2. The number of amides is 3. The summed E-state index contributed by atoms with van der Waals surface area (Å²) < 4.78 is 13.0. The molecular formula is C18H24FN3O2. The van der Waals surface area contributed by atoms with Crippen LogP contribution in [0.5, 0.6) is 0 Å². The van der Waals surface area contributed by atoms with Gasteiger partial charge in [0.25, 0.3) is 0 Å². The second-order valence-corrected chi connectivity index (χ2v) is 6.74. The molecule has 1 saturated carbocycles. The number of halogens is 1. The van der Waals surface area contributed by atoms with Gasteiger partial charge in [-0.25, -0.2) is 9.18 Å². The number of benzene rings is 1. The molecule has 1 aromatic carbocycles. The zero-order chi connectivity index (χ0) is 16.9. The zero-order valence-electron chi connectivity index (χ0n) is 13.8. The Morgan fingerprint density at radius 1 is 1.17 bits per heavy atom. The van der Waals surface area contributed by atoms with E-state index in [1.165, 1.54) is 31.4 Å². The van der Waals surface area contributed by atoms with E-state index >= 15 is 0 Å². The minimum Gasteiger partial charge on any atom is -0.338 e. The molecule has 3 amide bonds. The standard InChI is InChI=1S/C18H24FN3O2/c19-14-6-8-16(9-7-14)22-12-13(10-17(22)23)11-20-18(24)21-15-4-2-1-3-5-15/h6-9,13,15H,1-5,10-12H2,(H2,20,21,24)/t13-/m1/s1. The Bertz CT molecular complexity index is 584. The van der Waals surface area contributed by atoms with Crippen LogP contribution in [0.2, 0.25) is 0 Å². The molecule has 5 nitrogen and oxygen atoms in total. The Hall–Kier alpha value is -2.11. The van der Waals surface area contributed by atoms with Crippen LogP contribution in [0.3, 0.4) is 0 Å². The average Bonchev–Trinajstić information content (AvgIpc) is 2.95. The summed E-state index contributed by atoms with van der Waals surface area (Å²) >= 11 is 0. The number of anilines is 1. The van der Waals surface area contributed by atoms with Crippen molar-refractivity contribution in [3.8, 4) is 0 Å². The molecule has 0 unspecified atom stereocenters. The first-order valence-corrected chi connectivity index (χ1v) is 8.72. The van der Waals surface area contributed by atoms with Crippen LogP contribution in [0.1, 0.15) is 38.5 Å². The molecule has 0 radical (unpaired) electrons. The zero-order valence-corrected chi connectivity index (χ0v) is 13.8. The molecule has 2 aliphatic rings. The number of nitrogens with one attached hydrogen (secondary N) is 2. The minimum atomic E-state index is -0.317. The van der Waals surface area contributed by atoms with Crippen LogP contribution in [0, 0.1) is 11.7 Å². The van der Waals surface area contributed by atoms with E-state index in [2.05, 4.69) is 10.6 Å². The third-order valence-corrected chi connectivity index (χ3v) is 4.84. The molecule has 2 fully saturated rings. The van der Waals surface area contributed by atoms with E-state index < -0.39 is 0 Å². The van der Waals surface area contributed by atoms with Crippen molar-refractivity contribution in [3.63, 3.8) is 0 Å². The van der Waals surface area contributed by atoms with Gasteiger partial charge < -0.3 is 15.5 Å². The smallest absolute Gasteiger partial charge is 0.315 e. The van der Waals surface area contributed by atoms with Crippen molar-refractivity contribution in [3.05, 3.63) is 30.1 Å². The van der Waals surface area contributed by atoms with Gasteiger partial charge in [-0.3, -0.25) is 4.79 Å². The van der Waals surface area contributed by atoms with E-state index in [9.17, 15) is 14.0 Å². The van der Waals surface area contributed by atoms with Crippen LogP contribution in [0.15, 0.2) is 24.3 Å². The van der Waals surface area contributed by atoms with Gasteiger partial charge in [-0.2, -0.15) is 0 Å². The molecule has 1 aliphatic heterocycles. The lowest BCUT2D eigenvalue weighted by Crippen LogP contribution is -2.44. The molecule has 1 aliphatic carbocycles. The molecular weight excluding hydrogens is 309 g/mol. The highest BCUT2D eigenvalue weighted by Gasteiger charge is 2.30. The van der Waals surface area contributed by atoms with Gasteiger partial charge in [-0.05, 0) is 37.1 Å². The van der Waals surface area contributed by atoms with Crippen LogP contribution in [-0.2, 0) is 4.79 Å². The van der Waals surface area contributed by atoms with E-state index in [0.29, 0.717) is 25.2 Å². The lowest BCUT2D eigenvalue weighted by Gasteiger charge is -2.23. The third-order valence-electron chi connectivity index (χ3n) is 4.84. The molecule has 24 heavy (non-hydrogen) atoms. The number of hydrogen-bond donors (Lipinski definition) is 2. The molecule has 1 aromatic rings. The van der Waals surface area contributed by atoms with Gasteiger partial charge in [-0.1, -0.05) is 19.3 Å². The minimum absolute atomic E-state index is 0.0149. The van der Waals surface area contributed by atoms with E-state index in [1.807, 2.05) is 0 Å². The van der Waals surface area contributed by atoms with Gasteiger partial charge in [0.15, 0.2) is 0 Å². The topological polar surface area (TPSA) is 61.4 Å². The van der Waals surface area contributed by atoms with Crippen LogP contribution < -0.4 is 15.5 Å². The number of rotatable bonds is 4. The van der Waals surface area contributed by atoms with Gasteiger partial charge in [-0.15, -0.1) is 0 Å². The van der Waals surface area contributed by atoms with Crippen molar-refractivity contribution in [2.45, 2.75) is 44.6 Å². The Morgan fingerprint density at radius 2 is 1.88 bits per heavy atom. The first-order chi connectivity index (χ1) is 11.6. The quantitative estimate of drug-likeness (QED) is 0.890. The Balaban J connectivity index is 1.45. The maximum absolute atomic E-state index is 13.0. The average molecular weight is 333 g/mol. The SMILES string of the molecule is O=C(NC[C@H]1CC(=O)N(c2ccc(F)cc2)C1)NC1CCCCC1. The van der Waals surface area contributed by atoms with Gasteiger partial charge in [0.1, 0.15) is 5.82 Å². The van der Waals surface area contributed by atoms with Crippen LogP contribution in [0.4, 0.5) is 14.9 Å². The fraction of sp³-hybridized carbons (Fsp3) is 0.556. The molecule has 2 N–H and O–H groups in total. The Labute approximate surface area is 141 Å². The van der Waals surface area contributed by atoms with Crippen LogP contribution in [0.25, 0.3) is 0 Å². The summed E-state index contributed by atoms with van der Waals surface area (Å²) in [5.41, 5.74) is 0.704. The van der Waals surface area contributed by atoms with E-state index in [-0.39, 0.29) is 29.7 Å². The molecule has 3 rings (SSSR count). The summed E-state index contributed by atoms with van der Waals surface area (Å²) in [6.07, 6.45) is 6.11. The Morgan fingerprint density at radius 3 is 2.58 bits per heavy atom. The molecule has 130 valence electrons. The first-order valence-electron chi connectivity index (χ1n) is 8.72. The molecule has 1 heterocycles. The predicted octanol–water partition coefficient (Wildman–Crippen LogP) is 2.81. The Kier molecular flexibility index (Phi) is 5.33. The van der Waals surface area contributed by atoms with Crippen molar-refractivity contribution < 1.29 is 14.0 Å². The monoisotopic (exact) mass is 333 g/mol. The lowest BCUT2D eigenvalue weighted by atomic mass is 9.96. The van der Waals surface area contributed by atoms with Crippen molar-refractivity contribution in [2.75, 3.05) is 18.0 Å². The fourth-order valence-corrected chi connectivity index (χ4v) is 3.51. The molecule has 1 saturated heterocycles. The molecule has 1 atom stereocenters. The van der Waals surface area contributed by atoms with Crippen LogP contribution >= 0.6 is 0 Å². The fourth-order valence-electron chi connectivity index (χ4n) is 3.51. The molecule has 0 bridgehead atoms. The van der Waals surface area contributed by atoms with Gasteiger partial charge >= 0.3 is 6.03 Å². The first kappa shape index (κ1) is 16.7. The second-order valence-electron chi connectivity index (χ2n) is 6.74. The number of carbonyl (C=O) groups is 2.